The molecule has 0 unspecified atom stereocenters. The van der Waals surface area contributed by atoms with Crippen LogP contribution in [0.1, 0.15) is 12.8 Å². The molecule has 6 nitrogen and oxygen atoms in total. The van der Waals surface area contributed by atoms with Crippen LogP contribution in [0.3, 0.4) is 0 Å². The normalized spacial score (nSPS) is 17.8. The molecule has 1 fully saturated rings. The molecule has 138 valence electrons. The van der Waals surface area contributed by atoms with E-state index in [0.29, 0.717) is 25.1 Å². The molecule has 1 aliphatic heterocycles. The average molecular weight is 374 g/mol. The van der Waals surface area contributed by atoms with Gasteiger partial charge in [-0.3, -0.25) is 4.79 Å². The standard InChI is InChI=1S/C19H22N2O4S/c1-25-15-11-9-14(10-12-15)16-6-3-4-7-17(16)20-19(22)18-8-5-13-21(18)26(2,23)24/h3-4,6-7,9-12,18H,5,8,13H2,1-2H3,(H,20,22)/t18-/m0/s1. The maximum Gasteiger partial charge on any atom is 0.242 e. The molecule has 1 heterocycles. The first-order valence-electron chi connectivity index (χ1n) is 8.41. The minimum absolute atomic E-state index is 0.297. The summed E-state index contributed by atoms with van der Waals surface area (Å²) in [6.45, 7) is 0.386. The molecule has 7 heteroatoms. The molecule has 0 aliphatic carbocycles. The van der Waals surface area contributed by atoms with Gasteiger partial charge >= 0.3 is 0 Å². The highest BCUT2D eigenvalue weighted by molar-refractivity contribution is 7.88. The van der Waals surface area contributed by atoms with Crippen molar-refractivity contribution in [1.29, 1.82) is 0 Å². The second kappa shape index (κ2) is 7.47. The maximum absolute atomic E-state index is 12.7. The number of rotatable bonds is 5. The molecule has 0 saturated carbocycles. The second-order valence-electron chi connectivity index (χ2n) is 6.30. The lowest BCUT2D eigenvalue weighted by Crippen LogP contribution is -2.42. The van der Waals surface area contributed by atoms with E-state index >= 15 is 0 Å². The summed E-state index contributed by atoms with van der Waals surface area (Å²) in [6.07, 6.45) is 2.36. The van der Waals surface area contributed by atoms with E-state index < -0.39 is 16.1 Å². The van der Waals surface area contributed by atoms with Gasteiger partial charge in [0.1, 0.15) is 11.8 Å². The first-order valence-corrected chi connectivity index (χ1v) is 10.3. The van der Waals surface area contributed by atoms with E-state index in [1.165, 1.54) is 4.31 Å². The van der Waals surface area contributed by atoms with E-state index in [1.807, 2.05) is 48.5 Å². The third-order valence-electron chi connectivity index (χ3n) is 4.52. The van der Waals surface area contributed by atoms with Gasteiger partial charge in [-0.1, -0.05) is 30.3 Å². The number of methoxy groups -OCH3 is 1. The Balaban J connectivity index is 1.85. The van der Waals surface area contributed by atoms with Crippen LogP contribution in [0.4, 0.5) is 5.69 Å². The molecule has 1 N–H and O–H groups in total. The van der Waals surface area contributed by atoms with Crippen molar-refractivity contribution in [1.82, 2.24) is 4.31 Å². The van der Waals surface area contributed by atoms with E-state index in [9.17, 15) is 13.2 Å². The van der Waals surface area contributed by atoms with Crippen LogP contribution in [0.25, 0.3) is 11.1 Å². The Morgan fingerprint density at radius 2 is 1.85 bits per heavy atom. The topological polar surface area (TPSA) is 75.7 Å². The molecule has 2 aromatic carbocycles. The SMILES string of the molecule is COc1ccc(-c2ccccc2NC(=O)[C@@H]2CCCN2S(C)(=O)=O)cc1. The molecule has 3 rings (SSSR count). The van der Waals surface area contributed by atoms with E-state index in [2.05, 4.69) is 5.32 Å². The van der Waals surface area contributed by atoms with Crippen LogP contribution in [0.5, 0.6) is 5.75 Å². The molecule has 26 heavy (non-hydrogen) atoms. The van der Waals surface area contributed by atoms with Crippen LogP contribution in [0, 0.1) is 0 Å². The van der Waals surface area contributed by atoms with Crippen LogP contribution in [-0.2, 0) is 14.8 Å². The third kappa shape index (κ3) is 3.89. The minimum atomic E-state index is -3.40. The lowest BCUT2D eigenvalue weighted by molar-refractivity contribution is -0.119. The fourth-order valence-electron chi connectivity index (χ4n) is 3.23. The highest BCUT2D eigenvalue weighted by atomic mass is 32.2. The highest BCUT2D eigenvalue weighted by Gasteiger charge is 2.36. The lowest BCUT2D eigenvalue weighted by atomic mass is 10.0. The molecule has 0 radical (unpaired) electrons. The molecule has 0 bridgehead atoms. The number of amides is 1. The smallest absolute Gasteiger partial charge is 0.242 e. The Morgan fingerprint density at radius 1 is 1.15 bits per heavy atom. The monoisotopic (exact) mass is 374 g/mol. The molecule has 0 aromatic heterocycles. The number of benzene rings is 2. The summed E-state index contributed by atoms with van der Waals surface area (Å²) in [7, 11) is -1.79. The fraction of sp³-hybridized carbons (Fsp3) is 0.316. The summed E-state index contributed by atoms with van der Waals surface area (Å²) in [5.74, 6) is 0.457. The van der Waals surface area contributed by atoms with E-state index in [4.69, 9.17) is 4.74 Å². The zero-order valence-electron chi connectivity index (χ0n) is 14.8. The molecule has 1 aliphatic rings. The fourth-order valence-corrected chi connectivity index (χ4v) is 4.35. The number of hydrogen-bond donors (Lipinski definition) is 1. The molecule has 1 amide bonds. The number of ether oxygens (including phenoxy) is 1. The number of anilines is 1. The number of carbonyl (C=O) groups excluding carboxylic acids is 1. The van der Waals surface area contributed by atoms with Crippen molar-refractivity contribution in [2.24, 2.45) is 0 Å². The summed E-state index contributed by atoms with van der Waals surface area (Å²) in [6, 6.07) is 14.4. The summed E-state index contributed by atoms with van der Waals surface area (Å²) >= 11 is 0. The molecule has 1 saturated heterocycles. The molecular formula is C19H22N2O4S. The van der Waals surface area contributed by atoms with Crippen LogP contribution in [-0.4, -0.2) is 44.6 Å². The summed E-state index contributed by atoms with van der Waals surface area (Å²) in [5, 5.41) is 2.91. The largest absolute Gasteiger partial charge is 0.497 e. The summed E-state index contributed by atoms with van der Waals surface area (Å²) in [5.41, 5.74) is 2.46. The maximum atomic E-state index is 12.7. The predicted molar refractivity (Wildman–Crippen MR) is 102 cm³/mol. The molecule has 1 atom stereocenters. The first-order chi connectivity index (χ1) is 12.4. The van der Waals surface area contributed by atoms with Crippen molar-refractivity contribution in [2.75, 3.05) is 25.2 Å². The first kappa shape index (κ1) is 18.4. The van der Waals surface area contributed by atoms with Gasteiger partial charge in [-0.05, 0) is 36.6 Å². The molecular weight excluding hydrogens is 352 g/mol. The molecule has 0 spiro atoms. The summed E-state index contributed by atoms with van der Waals surface area (Å²) < 4.78 is 30.2. The Kier molecular flexibility index (Phi) is 5.29. The average Bonchev–Trinajstić information content (AvgIpc) is 3.13. The minimum Gasteiger partial charge on any atom is -0.497 e. The van der Waals surface area contributed by atoms with Gasteiger partial charge in [-0.15, -0.1) is 0 Å². The zero-order valence-corrected chi connectivity index (χ0v) is 15.6. The number of nitrogens with one attached hydrogen (secondary N) is 1. The van der Waals surface area contributed by atoms with Crippen LogP contribution in [0.2, 0.25) is 0 Å². The Labute approximate surface area is 153 Å². The predicted octanol–water partition coefficient (Wildman–Crippen LogP) is 2.72. The zero-order chi connectivity index (χ0) is 18.7. The number of hydrogen-bond acceptors (Lipinski definition) is 4. The lowest BCUT2D eigenvalue weighted by Gasteiger charge is -2.22. The Hall–Kier alpha value is -2.38. The van der Waals surface area contributed by atoms with Gasteiger partial charge in [0.15, 0.2) is 0 Å². The Bertz CT molecular complexity index is 894. The number of carbonyl (C=O) groups is 1. The van der Waals surface area contributed by atoms with Gasteiger partial charge in [-0.25, -0.2) is 8.42 Å². The number of nitrogens with zero attached hydrogens (tertiary/aromatic N) is 1. The van der Waals surface area contributed by atoms with E-state index in [1.54, 1.807) is 7.11 Å². The van der Waals surface area contributed by atoms with Crippen molar-refractivity contribution in [3.63, 3.8) is 0 Å². The highest BCUT2D eigenvalue weighted by Crippen LogP contribution is 2.30. The van der Waals surface area contributed by atoms with Gasteiger partial charge in [0.2, 0.25) is 15.9 Å². The third-order valence-corrected chi connectivity index (χ3v) is 5.81. The quantitative estimate of drug-likeness (QED) is 0.873. The summed E-state index contributed by atoms with van der Waals surface area (Å²) in [4.78, 5) is 12.7. The van der Waals surface area contributed by atoms with Crippen LogP contribution < -0.4 is 10.1 Å². The van der Waals surface area contributed by atoms with Crippen LogP contribution in [0.15, 0.2) is 48.5 Å². The second-order valence-corrected chi connectivity index (χ2v) is 8.23. The number of sulfonamides is 1. The van der Waals surface area contributed by atoms with Gasteiger partial charge in [0, 0.05) is 17.8 Å². The van der Waals surface area contributed by atoms with Gasteiger partial charge in [0.25, 0.3) is 0 Å². The van der Waals surface area contributed by atoms with E-state index in [-0.39, 0.29) is 5.91 Å². The van der Waals surface area contributed by atoms with Crippen molar-refractivity contribution in [2.45, 2.75) is 18.9 Å². The van der Waals surface area contributed by atoms with Gasteiger partial charge in [-0.2, -0.15) is 4.31 Å². The van der Waals surface area contributed by atoms with Crippen molar-refractivity contribution in [3.05, 3.63) is 48.5 Å². The number of para-hydroxylation sites is 1. The van der Waals surface area contributed by atoms with Gasteiger partial charge in [0.05, 0.1) is 13.4 Å². The van der Waals surface area contributed by atoms with Crippen LogP contribution >= 0.6 is 0 Å². The van der Waals surface area contributed by atoms with Crippen molar-refractivity contribution in [3.8, 4) is 16.9 Å². The molecule has 2 aromatic rings. The van der Waals surface area contributed by atoms with Crippen molar-refractivity contribution >= 4 is 21.6 Å². The van der Waals surface area contributed by atoms with E-state index in [0.717, 1.165) is 23.1 Å². The van der Waals surface area contributed by atoms with Gasteiger partial charge < -0.3 is 10.1 Å². The Morgan fingerprint density at radius 3 is 2.50 bits per heavy atom. The van der Waals surface area contributed by atoms with Crippen molar-refractivity contribution < 1.29 is 17.9 Å².